The van der Waals surface area contributed by atoms with E-state index in [1.54, 1.807) is 6.92 Å². The highest BCUT2D eigenvalue weighted by Crippen LogP contribution is 2.22. The van der Waals surface area contributed by atoms with Gasteiger partial charge in [0.2, 0.25) is 11.8 Å². The molecule has 0 atom stereocenters. The number of H-pyrrole nitrogens is 1. The lowest BCUT2D eigenvalue weighted by atomic mass is 9.95. The van der Waals surface area contributed by atoms with Gasteiger partial charge in [-0.2, -0.15) is 0 Å². The molecule has 1 aliphatic rings. The van der Waals surface area contributed by atoms with Crippen LogP contribution in [0.25, 0.3) is 10.9 Å². The minimum absolute atomic E-state index is 0.0103. The Kier molecular flexibility index (Phi) is 4.37. The number of amides is 2. The summed E-state index contributed by atoms with van der Waals surface area (Å²) in [5.74, 6) is 0.201. The molecule has 1 aromatic carbocycles. The number of fused-ring (bicyclic) bond motifs is 1. The fraction of sp³-hybridized carbons (Fsp3) is 0.444. The molecule has 0 bridgehead atoms. The summed E-state index contributed by atoms with van der Waals surface area (Å²) in [6.45, 7) is 5.52. The number of carbonyl (C=O) groups is 2. The molecule has 1 fully saturated rings. The summed E-state index contributed by atoms with van der Waals surface area (Å²) in [7, 11) is 0. The third kappa shape index (κ3) is 3.23. The molecule has 5 nitrogen and oxygen atoms in total. The zero-order valence-electron chi connectivity index (χ0n) is 13.7. The van der Waals surface area contributed by atoms with E-state index in [9.17, 15) is 9.59 Å². The number of aromatic nitrogens is 1. The fourth-order valence-electron chi connectivity index (χ4n) is 3.34. The SMILES string of the molecule is CC(=O)N1CCC(C(=O)NCc2c(C)[nH]c3ccccc23)CC1. The quantitative estimate of drug-likeness (QED) is 0.913. The second-order valence-corrected chi connectivity index (χ2v) is 6.27. The Bertz CT molecular complexity index is 727. The van der Waals surface area contributed by atoms with Gasteiger partial charge in [-0.1, -0.05) is 18.2 Å². The number of piperidine rings is 1. The molecule has 5 heteroatoms. The molecule has 122 valence electrons. The Morgan fingerprint density at radius 3 is 2.65 bits per heavy atom. The van der Waals surface area contributed by atoms with Gasteiger partial charge >= 0.3 is 0 Å². The van der Waals surface area contributed by atoms with Gasteiger partial charge in [-0.25, -0.2) is 0 Å². The van der Waals surface area contributed by atoms with Crippen molar-refractivity contribution in [3.05, 3.63) is 35.5 Å². The number of aromatic amines is 1. The fourth-order valence-corrected chi connectivity index (χ4v) is 3.34. The lowest BCUT2D eigenvalue weighted by molar-refractivity contribution is -0.134. The van der Waals surface area contributed by atoms with E-state index in [1.165, 1.54) is 0 Å². The number of nitrogens with zero attached hydrogens (tertiary/aromatic N) is 1. The molecule has 3 rings (SSSR count). The molecule has 2 amide bonds. The predicted molar refractivity (Wildman–Crippen MR) is 89.9 cm³/mol. The molecule has 0 saturated carbocycles. The summed E-state index contributed by atoms with van der Waals surface area (Å²) in [4.78, 5) is 28.9. The van der Waals surface area contributed by atoms with Crippen molar-refractivity contribution in [2.45, 2.75) is 33.2 Å². The minimum Gasteiger partial charge on any atom is -0.358 e. The van der Waals surface area contributed by atoms with Gasteiger partial charge in [-0.15, -0.1) is 0 Å². The largest absolute Gasteiger partial charge is 0.358 e. The average Bonchev–Trinajstić information content (AvgIpc) is 2.88. The van der Waals surface area contributed by atoms with E-state index in [-0.39, 0.29) is 17.7 Å². The van der Waals surface area contributed by atoms with Crippen LogP contribution in [0.2, 0.25) is 0 Å². The first kappa shape index (κ1) is 15.6. The molecule has 1 aliphatic heterocycles. The zero-order valence-corrected chi connectivity index (χ0v) is 13.7. The van der Waals surface area contributed by atoms with Gasteiger partial charge in [0.1, 0.15) is 0 Å². The van der Waals surface area contributed by atoms with Crippen LogP contribution in [0.4, 0.5) is 0 Å². The number of hydrogen-bond donors (Lipinski definition) is 2. The number of carbonyl (C=O) groups excluding carboxylic acids is 2. The van der Waals surface area contributed by atoms with E-state index in [4.69, 9.17) is 0 Å². The summed E-state index contributed by atoms with van der Waals surface area (Å²) >= 11 is 0. The third-order valence-corrected chi connectivity index (χ3v) is 4.78. The predicted octanol–water partition coefficient (Wildman–Crippen LogP) is 2.35. The van der Waals surface area contributed by atoms with Crippen molar-refractivity contribution in [1.29, 1.82) is 0 Å². The molecule has 0 radical (unpaired) electrons. The van der Waals surface area contributed by atoms with Crippen LogP contribution in [0, 0.1) is 12.8 Å². The van der Waals surface area contributed by atoms with E-state index >= 15 is 0 Å². The molecule has 2 aromatic rings. The highest BCUT2D eigenvalue weighted by atomic mass is 16.2. The molecular formula is C18H23N3O2. The first-order valence-corrected chi connectivity index (χ1v) is 8.15. The summed E-state index contributed by atoms with van der Waals surface area (Å²) in [6.07, 6.45) is 1.50. The maximum atomic E-state index is 12.4. The van der Waals surface area contributed by atoms with Crippen molar-refractivity contribution in [1.82, 2.24) is 15.2 Å². The van der Waals surface area contributed by atoms with E-state index < -0.39 is 0 Å². The molecule has 0 spiro atoms. The zero-order chi connectivity index (χ0) is 16.4. The molecule has 0 aliphatic carbocycles. The summed E-state index contributed by atoms with van der Waals surface area (Å²) in [6, 6.07) is 8.14. The molecule has 23 heavy (non-hydrogen) atoms. The maximum Gasteiger partial charge on any atom is 0.223 e. The standard InChI is InChI=1S/C18H23N3O2/c1-12-16(15-5-3-4-6-17(15)20-12)11-19-18(23)14-7-9-21(10-8-14)13(2)22/h3-6,14,20H,7-11H2,1-2H3,(H,19,23). The van der Waals surface area contributed by atoms with Crippen molar-refractivity contribution < 1.29 is 9.59 Å². The molecule has 2 heterocycles. The number of likely N-dealkylation sites (tertiary alicyclic amines) is 1. The van der Waals surface area contributed by atoms with Crippen LogP contribution in [0.1, 0.15) is 31.0 Å². The Hall–Kier alpha value is -2.30. The van der Waals surface area contributed by atoms with Gasteiger partial charge in [0, 0.05) is 49.1 Å². The molecule has 1 saturated heterocycles. The summed E-state index contributed by atoms with van der Waals surface area (Å²) in [5, 5.41) is 4.23. The maximum absolute atomic E-state index is 12.4. The number of rotatable bonds is 3. The highest BCUT2D eigenvalue weighted by Gasteiger charge is 2.26. The lowest BCUT2D eigenvalue weighted by Gasteiger charge is -2.30. The van der Waals surface area contributed by atoms with Crippen molar-refractivity contribution in [2.24, 2.45) is 5.92 Å². The van der Waals surface area contributed by atoms with Crippen molar-refractivity contribution >= 4 is 22.7 Å². The van der Waals surface area contributed by atoms with Crippen LogP contribution in [0.15, 0.2) is 24.3 Å². The normalized spacial score (nSPS) is 15.8. The molecule has 1 aromatic heterocycles. The van der Waals surface area contributed by atoms with Crippen molar-refractivity contribution in [3.8, 4) is 0 Å². The van der Waals surface area contributed by atoms with Crippen LogP contribution < -0.4 is 5.32 Å². The van der Waals surface area contributed by atoms with Gasteiger partial charge in [-0.3, -0.25) is 9.59 Å². The van der Waals surface area contributed by atoms with Gasteiger partial charge < -0.3 is 15.2 Å². The Morgan fingerprint density at radius 1 is 1.26 bits per heavy atom. The Balaban J connectivity index is 1.61. The first-order chi connectivity index (χ1) is 11.1. The van der Waals surface area contributed by atoms with E-state index in [1.807, 2.05) is 30.0 Å². The van der Waals surface area contributed by atoms with Crippen LogP contribution in [0.5, 0.6) is 0 Å². The van der Waals surface area contributed by atoms with Gasteiger partial charge in [0.05, 0.1) is 0 Å². The monoisotopic (exact) mass is 313 g/mol. The number of benzene rings is 1. The smallest absolute Gasteiger partial charge is 0.223 e. The van der Waals surface area contributed by atoms with E-state index in [2.05, 4.69) is 16.4 Å². The van der Waals surface area contributed by atoms with Gasteiger partial charge in [-0.05, 0) is 31.4 Å². The van der Waals surface area contributed by atoms with Crippen LogP contribution >= 0.6 is 0 Å². The van der Waals surface area contributed by atoms with Crippen LogP contribution in [0.3, 0.4) is 0 Å². The third-order valence-electron chi connectivity index (χ3n) is 4.78. The van der Waals surface area contributed by atoms with Crippen LogP contribution in [-0.2, 0) is 16.1 Å². The second kappa shape index (κ2) is 6.44. The molecule has 2 N–H and O–H groups in total. The van der Waals surface area contributed by atoms with Crippen molar-refractivity contribution in [2.75, 3.05) is 13.1 Å². The Morgan fingerprint density at radius 2 is 1.96 bits per heavy atom. The van der Waals surface area contributed by atoms with Crippen molar-refractivity contribution in [3.63, 3.8) is 0 Å². The second-order valence-electron chi connectivity index (χ2n) is 6.27. The highest BCUT2D eigenvalue weighted by molar-refractivity contribution is 5.85. The summed E-state index contributed by atoms with van der Waals surface area (Å²) in [5.41, 5.74) is 3.34. The number of hydrogen-bond acceptors (Lipinski definition) is 2. The molecule has 0 unspecified atom stereocenters. The van der Waals surface area contributed by atoms with Gasteiger partial charge in [0.25, 0.3) is 0 Å². The summed E-state index contributed by atoms with van der Waals surface area (Å²) < 4.78 is 0. The molecular weight excluding hydrogens is 290 g/mol. The average molecular weight is 313 g/mol. The number of para-hydroxylation sites is 1. The van der Waals surface area contributed by atoms with Crippen LogP contribution in [-0.4, -0.2) is 34.8 Å². The number of aryl methyl sites for hydroxylation is 1. The minimum atomic E-state index is 0.0103. The first-order valence-electron chi connectivity index (χ1n) is 8.15. The van der Waals surface area contributed by atoms with Gasteiger partial charge in [0.15, 0.2) is 0 Å². The number of nitrogens with one attached hydrogen (secondary N) is 2. The van der Waals surface area contributed by atoms with E-state index in [0.717, 1.165) is 35.0 Å². The van der Waals surface area contributed by atoms with E-state index in [0.29, 0.717) is 19.6 Å². The lowest BCUT2D eigenvalue weighted by Crippen LogP contribution is -2.42. The topological polar surface area (TPSA) is 65.2 Å². The Labute approximate surface area is 136 Å².